The molecule has 20 heavy (non-hydrogen) atoms. The van der Waals surface area contributed by atoms with Gasteiger partial charge in [0.05, 0.1) is 25.4 Å². The summed E-state index contributed by atoms with van der Waals surface area (Å²) in [5.41, 5.74) is 0.601. The average Bonchev–Trinajstić information content (AvgIpc) is 2.39. The number of halogens is 1. The molecule has 0 heterocycles. The molecule has 1 aromatic rings. The van der Waals surface area contributed by atoms with E-state index in [1.165, 1.54) is 6.08 Å². The van der Waals surface area contributed by atoms with Crippen LogP contribution in [0.1, 0.15) is 31.9 Å². The van der Waals surface area contributed by atoms with Gasteiger partial charge in [0.25, 0.3) is 0 Å². The second-order valence-electron chi connectivity index (χ2n) is 4.04. The van der Waals surface area contributed by atoms with Crippen molar-refractivity contribution in [3.05, 3.63) is 46.7 Å². The van der Waals surface area contributed by atoms with E-state index < -0.39 is 12.1 Å². The Balaban J connectivity index is 2.80. The fraction of sp³-hybridized carbons (Fsp3) is 0.400. The van der Waals surface area contributed by atoms with Crippen molar-refractivity contribution in [1.82, 2.24) is 0 Å². The van der Waals surface area contributed by atoms with E-state index in [0.29, 0.717) is 29.6 Å². The van der Waals surface area contributed by atoms with Crippen LogP contribution in [-0.2, 0) is 14.3 Å². The maximum atomic E-state index is 11.4. The van der Waals surface area contributed by atoms with Crippen molar-refractivity contribution in [3.8, 4) is 0 Å². The smallest absolute Gasteiger partial charge is 0.334 e. The van der Waals surface area contributed by atoms with Crippen LogP contribution in [0.5, 0.6) is 0 Å². The van der Waals surface area contributed by atoms with Crippen LogP contribution in [0.4, 0.5) is 0 Å². The van der Waals surface area contributed by atoms with Gasteiger partial charge in [-0.15, -0.1) is 0 Å². The van der Waals surface area contributed by atoms with Gasteiger partial charge in [0.1, 0.15) is 5.76 Å². The van der Waals surface area contributed by atoms with E-state index in [-0.39, 0.29) is 6.42 Å². The first kappa shape index (κ1) is 16.5. The highest BCUT2D eigenvalue weighted by molar-refractivity contribution is 6.31. The Morgan fingerprint density at radius 1 is 1.30 bits per heavy atom. The first-order valence-corrected chi connectivity index (χ1v) is 6.88. The summed E-state index contributed by atoms with van der Waals surface area (Å²) in [4.78, 5) is 11.4. The molecule has 1 aromatic carbocycles. The van der Waals surface area contributed by atoms with Crippen LogP contribution in [0, 0.1) is 0 Å². The van der Waals surface area contributed by atoms with E-state index in [9.17, 15) is 9.90 Å². The van der Waals surface area contributed by atoms with Gasteiger partial charge in [0, 0.05) is 11.4 Å². The number of esters is 1. The molecule has 1 atom stereocenters. The van der Waals surface area contributed by atoms with Crippen molar-refractivity contribution >= 4 is 17.6 Å². The zero-order valence-corrected chi connectivity index (χ0v) is 12.4. The molecule has 4 nitrogen and oxygen atoms in total. The first-order valence-electron chi connectivity index (χ1n) is 6.51. The molecule has 0 saturated carbocycles. The Morgan fingerprint density at radius 2 is 1.95 bits per heavy atom. The summed E-state index contributed by atoms with van der Waals surface area (Å²) in [6.07, 6.45) is 0.583. The van der Waals surface area contributed by atoms with Crippen LogP contribution < -0.4 is 0 Å². The summed E-state index contributed by atoms with van der Waals surface area (Å²) in [5.74, 6) is -0.110. The van der Waals surface area contributed by atoms with Crippen molar-refractivity contribution in [3.63, 3.8) is 0 Å². The molecule has 0 spiro atoms. The van der Waals surface area contributed by atoms with Crippen molar-refractivity contribution < 1.29 is 19.4 Å². The summed E-state index contributed by atoms with van der Waals surface area (Å²) in [6.45, 7) is 4.23. The van der Waals surface area contributed by atoms with Crippen molar-refractivity contribution in [2.45, 2.75) is 26.4 Å². The Bertz CT molecular complexity index is 471. The number of hydrogen-bond acceptors (Lipinski definition) is 4. The van der Waals surface area contributed by atoms with E-state index in [1.807, 2.05) is 0 Å². The van der Waals surface area contributed by atoms with E-state index >= 15 is 0 Å². The Hall–Kier alpha value is -1.52. The second-order valence-corrected chi connectivity index (χ2v) is 4.44. The number of ether oxygens (including phenoxy) is 2. The van der Waals surface area contributed by atoms with Crippen LogP contribution in [0.15, 0.2) is 36.1 Å². The fourth-order valence-electron chi connectivity index (χ4n) is 1.71. The lowest BCUT2D eigenvalue weighted by Crippen LogP contribution is -2.07. The fourth-order valence-corrected chi connectivity index (χ4v) is 1.97. The van der Waals surface area contributed by atoms with Crippen LogP contribution in [0.3, 0.4) is 0 Å². The number of carbonyl (C=O) groups excluding carboxylic acids is 1. The molecule has 0 aliphatic heterocycles. The number of aliphatic hydroxyl groups is 1. The molecule has 0 unspecified atom stereocenters. The summed E-state index contributed by atoms with van der Waals surface area (Å²) >= 11 is 6.02. The van der Waals surface area contributed by atoms with Gasteiger partial charge in [-0.2, -0.15) is 0 Å². The molecule has 0 aromatic heterocycles. The van der Waals surface area contributed by atoms with E-state index in [4.69, 9.17) is 21.1 Å². The predicted octanol–water partition coefficient (Wildman–Crippen LogP) is 3.25. The Labute approximate surface area is 124 Å². The zero-order valence-electron chi connectivity index (χ0n) is 11.6. The molecule has 5 heteroatoms. The molecule has 0 aliphatic carbocycles. The lowest BCUT2D eigenvalue weighted by molar-refractivity contribution is -0.137. The Kier molecular flexibility index (Phi) is 7.12. The largest absolute Gasteiger partial charge is 0.498 e. The second kappa shape index (κ2) is 8.61. The van der Waals surface area contributed by atoms with Gasteiger partial charge in [0.15, 0.2) is 0 Å². The summed E-state index contributed by atoms with van der Waals surface area (Å²) in [6, 6.07) is 7.02. The van der Waals surface area contributed by atoms with Gasteiger partial charge < -0.3 is 14.6 Å². The zero-order chi connectivity index (χ0) is 15.0. The predicted molar refractivity (Wildman–Crippen MR) is 77.4 cm³/mol. The molecule has 0 radical (unpaired) electrons. The summed E-state index contributed by atoms with van der Waals surface area (Å²) < 4.78 is 10.2. The SMILES string of the molecule is CCOC(=O)/C=C(/C[C@@H](O)c1ccccc1Cl)OCC. The lowest BCUT2D eigenvalue weighted by atomic mass is 10.1. The molecular weight excluding hydrogens is 280 g/mol. The molecule has 0 bridgehead atoms. The van der Waals surface area contributed by atoms with Gasteiger partial charge in [-0.3, -0.25) is 0 Å². The topological polar surface area (TPSA) is 55.8 Å². The molecule has 0 saturated heterocycles. The van der Waals surface area contributed by atoms with Gasteiger partial charge in [-0.05, 0) is 25.5 Å². The van der Waals surface area contributed by atoms with Crippen molar-refractivity contribution in [2.24, 2.45) is 0 Å². The highest BCUT2D eigenvalue weighted by Crippen LogP contribution is 2.27. The third-order valence-electron chi connectivity index (χ3n) is 2.55. The minimum absolute atomic E-state index is 0.163. The van der Waals surface area contributed by atoms with Crippen molar-refractivity contribution in [2.75, 3.05) is 13.2 Å². The number of hydrogen-bond donors (Lipinski definition) is 1. The summed E-state index contributed by atoms with van der Waals surface area (Å²) in [7, 11) is 0. The van der Waals surface area contributed by atoms with Gasteiger partial charge in [-0.25, -0.2) is 4.79 Å². The van der Waals surface area contributed by atoms with Crippen LogP contribution in [0.2, 0.25) is 5.02 Å². The van der Waals surface area contributed by atoms with E-state index in [2.05, 4.69) is 0 Å². The maximum Gasteiger partial charge on any atom is 0.334 e. The van der Waals surface area contributed by atoms with Gasteiger partial charge >= 0.3 is 5.97 Å². The number of rotatable bonds is 7. The maximum absolute atomic E-state index is 11.4. The van der Waals surface area contributed by atoms with Crippen LogP contribution >= 0.6 is 11.6 Å². The monoisotopic (exact) mass is 298 g/mol. The third-order valence-corrected chi connectivity index (χ3v) is 2.90. The molecular formula is C15H19ClO4. The molecule has 0 fully saturated rings. The molecule has 1 N–H and O–H groups in total. The number of aliphatic hydroxyl groups excluding tert-OH is 1. The minimum Gasteiger partial charge on any atom is -0.498 e. The highest BCUT2D eigenvalue weighted by atomic mass is 35.5. The standard InChI is InChI=1S/C15H19ClO4/c1-3-19-11(10-15(18)20-4-2)9-14(17)12-7-5-6-8-13(12)16/h5-8,10,14,17H,3-4,9H2,1-2H3/b11-10-/t14-/m1/s1. The summed E-state index contributed by atoms with van der Waals surface area (Å²) in [5, 5.41) is 10.7. The number of benzene rings is 1. The first-order chi connectivity index (χ1) is 9.58. The van der Waals surface area contributed by atoms with E-state index in [0.717, 1.165) is 0 Å². The van der Waals surface area contributed by atoms with Crippen molar-refractivity contribution in [1.29, 1.82) is 0 Å². The normalized spacial score (nSPS) is 12.9. The quantitative estimate of drug-likeness (QED) is 0.477. The molecule has 110 valence electrons. The average molecular weight is 299 g/mol. The van der Waals surface area contributed by atoms with Crippen LogP contribution in [-0.4, -0.2) is 24.3 Å². The minimum atomic E-state index is -0.837. The van der Waals surface area contributed by atoms with Crippen LogP contribution in [0.25, 0.3) is 0 Å². The Morgan fingerprint density at radius 3 is 2.55 bits per heavy atom. The molecule has 0 amide bonds. The lowest BCUT2D eigenvalue weighted by Gasteiger charge is -2.15. The molecule has 1 rings (SSSR count). The third kappa shape index (κ3) is 5.23. The highest BCUT2D eigenvalue weighted by Gasteiger charge is 2.15. The van der Waals surface area contributed by atoms with E-state index in [1.54, 1.807) is 38.1 Å². The van der Waals surface area contributed by atoms with Gasteiger partial charge in [0.2, 0.25) is 0 Å². The number of carbonyl (C=O) groups is 1. The van der Waals surface area contributed by atoms with Gasteiger partial charge in [-0.1, -0.05) is 29.8 Å². The molecule has 0 aliphatic rings.